The molecule has 7 atom stereocenters. The van der Waals surface area contributed by atoms with E-state index in [9.17, 15) is 29.4 Å². The van der Waals surface area contributed by atoms with Crippen molar-refractivity contribution in [2.75, 3.05) is 5.75 Å². The highest BCUT2D eigenvalue weighted by Gasteiger charge is 2.35. The summed E-state index contributed by atoms with van der Waals surface area (Å²) < 4.78 is 0. The number of aliphatic hydroxyl groups is 1. The van der Waals surface area contributed by atoms with Crippen molar-refractivity contribution in [1.82, 2.24) is 16.0 Å². The zero-order valence-electron chi connectivity index (χ0n) is 18.2. The highest BCUT2D eigenvalue weighted by atomic mass is 32.1. The SMILES string of the molecule is CCC(C)C(NC(=O)C(NC(=O)C(NC(=O)C(N)CS)C(C)CC)C(C)O)C(=O)O. The fourth-order valence-corrected chi connectivity index (χ4v) is 2.79. The highest BCUT2D eigenvalue weighted by molar-refractivity contribution is 7.80. The molecule has 0 heterocycles. The van der Waals surface area contributed by atoms with Crippen LogP contribution < -0.4 is 21.7 Å². The zero-order valence-corrected chi connectivity index (χ0v) is 19.1. The van der Waals surface area contributed by atoms with Crippen molar-refractivity contribution in [3.05, 3.63) is 0 Å². The first-order valence-corrected chi connectivity index (χ1v) is 10.7. The molecule has 0 fully saturated rings. The van der Waals surface area contributed by atoms with Gasteiger partial charge in [-0.1, -0.05) is 40.5 Å². The molecule has 174 valence electrons. The third-order valence-corrected chi connectivity index (χ3v) is 5.56. The van der Waals surface area contributed by atoms with E-state index in [1.807, 2.05) is 6.92 Å². The van der Waals surface area contributed by atoms with E-state index in [2.05, 4.69) is 28.6 Å². The van der Waals surface area contributed by atoms with Gasteiger partial charge in [-0.15, -0.1) is 0 Å². The van der Waals surface area contributed by atoms with Gasteiger partial charge in [-0.25, -0.2) is 4.79 Å². The molecule has 0 saturated heterocycles. The molecule has 0 aromatic heterocycles. The van der Waals surface area contributed by atoms with E-state index in [0.29, 0.717) is 12.8 Å². The van der Waals surface area contributed by atoms with Gasteiger partial charge in [0.1, 0.15) is 18.1 Å². The number of nitrogens with two attached hydrogens (primary N) is 1. The van der Waals surface area contributed by atoms with E-state index >= 15 is 0 Å². The Labute approximate surface area is 183 Å². The van der Waals surface area contributed by atoms with Crippen molar-refractivity contribution in [2.45, 2.75) is 77.7 Å². The van der Waals surface area contributed by atoms with Gasteiger partial charge < -0.3 is 31.9 Å². The third kappa shape index (κ3) is 8.49. The average Bonchev–Trinajstić information content (AvgIpc) is 2.70. The van der Waals surface area contributed by atoms with Gasteiger partial charge in [-0.05, 0) is 18.8 Å². The lowest BCUT2D eigenvalue weighted by atomic mass is 9.96. The summed E-state index contributed by atoms with van der Waals surface area (Å²) in [4.78, 5) is 49.1. The van der Waals surface area contributed by atoms with Crippen LogP contribution in [0, 0.1) is 11.8 Å². The van der Waals surface area contributed by atoms with E-state index in [1.54, 1.807) is 20.8 Å². The van der Waals surface area contributed by atoms with Crippen LogP contribution in [0.15, 0.2) is 0 Å². The Bertz CT molecular complexity index is 604. The summed E-state index contributed by atoms with van der Waals surface area (Å²) in [6.07, 6.45) is -0.237. The highest BCUT2D eigenvalue weighted by Crippen LogP contribution is 2.11. The number of thiol groups is 1. The summed E-state index contributed by atoms with van der Waals surface area (Å²) in [6.45, 7) is 8.34. The summed E-state index contributed by atoms with van der Waals surface area (Å²) in [5.74, 6) is -3.83. The number of carboxylic acids is 1. The van der Waals surface area contributed by atoms with E-state index in [0.717, 1.165) is 0 Å². The number of carboxylic acid groups (broad SMARTS) is 1. The second kappa shape index (κ2) is 13.5. The standard InChI is InChI=1S/C19H36N4O6S/c1-6-9(3)13(21-16(25)12(20)8-30)17(26)23-15(11(5)24)18(27)22-14(19(28)29)10(4)7-2/h9-15,24,30H,6-8,20H2,1-5H3,(H,21,25)(H,22,27)(H,23,26)(H,28,29). The van der Waals surface area contributed by atoms with Gasteiger partial charge in [0.25, 0.3) is 0 Å². The van der Waals surface area contributed by atoms with Crippen LogP contribution in [0.3, 0.4) is 0 Å². The molecule has 0 aliphatic carbocycles. The van der Waals surface area contributed by atoms with Crippen molar-refractivity contribution < 1.29 is 29.4 Å². The largest absolute Gasteiger partial charge is 0.480 e. The predicted molar refractivity (Wildman–Crippen MR) is 116 cm³/mol. The molecule has 11 heteroatoms. The summed E-state index contributed by atoms with van der Waals surface area (Å²) in [5.41, 5.74) is 5.65. The number of hydrogen-bond donors (Lipinski definition) is 7. The predicted octanol–water partition coefficient (Wildman–Crippen LogP) is -0.744. The third-order valence-electron chi connectivity index (χ3n) is 5.17. The Morgan fingerprint density at radius 1 is 0.833 bits per heavy atom. The molecule has 0 spiro atoms. The average molecular weight is 449 g/mol. The number of amides is 3. The molecular weight excluding hydrogens is 412 g/mol. The summed E-state index contributed by atoms with van der Waals surface area (Å²) in [6, 6.07) is -4.47. The lowest BCUT2D eigenvalue weighted by molar-refractivity contribution is -0.144. The monoisotopic (exact) mass is 448 g/mol. The Kier molecular flexibility index (Phi) is 12.6. The Morgan fingerprint density at radius 3 is 1.63 bits per heavy atom. The summed E-state index contributed by atoms with van der Waals surface area (Å²) in [7, 11) is 0. The second-order valence-electron chi connectivity index (χ2n) is 7.60. The Balaban J connectivity index is 5.49. The van der Waals surface area contributed by atoms with Crippen LogP contribution in [0.1, 0.15) is 47.5 Å². The van der Waals surface area contributed by atoms with Crippen LogP contribution in [0.2, 0.25) is 0 Å². The van der Waals surface area contributed by atoms with E-state index < -0.39 is 54.0 Å². The van der Waals surface area contributed by atoms with Gasteiger partial charge in [0, 0.05) is 5.75 Å². The Morgan fingerprint density at radius 2 is 1.23 bits per heavy atom. The summed E-state index contributed by atoms with van der Waals surface area (Å²) in [5, 5.41) is 26.7. The second-order valence-corrected chi connectivity index (χ2v) is 7.96. The molecule has 0 aliphatic heterocycles. The number of rotatable bonds is 13. The molecule has 0 bridgehead atoms. The maximum absolute atomic E-state index is 12.8. The molecular formula is C19H36N4O6S. The number of hydrogen-bond acceptors (Lipinski definition) is 7. The van der Waals surface area contributed by atoms with Gasteiger partial charge in [-0.2, -0.15) is 12.6 Å². The number of aliphatic hydroxyl groups excluding tert-OH is 1. The quantitative estimate of drug-likeness (QED) is 0.182. The summed E-state index contributed by atoms with van der Waals surface area (Å²) >= 11 is 3.97. The first-order valence-electron chi connectivity index (χ1n) is 10.1. The molecule has 0 rings (SSSR count). The smallest absolute Gasteiger partial charge is 0.326 e. The van der Waals surface area contributed by atoms with Crippen molar-refractivity contribution in [3.63, 3.8) is 0 Å². The fraction of sp³-hybridized carbons (Fsp3) is 0.789. The van der Waals surface area contributed by atoms with Crippen LogP contribution in [-0.4, -0.2) is 69.9 Å². The van der Waals surface area contributed by atoms with Crippen molar-refractivity contribution in [3.8, 4) is 0 Å². The van der Waals surface area contributed by atoms with Gasteiger partial charge >= 0.3 is 5.97 Å². The molecule has 0 aromatic carbocycles. The zero-order chi connectivity index (χ0) is 23.6. The molecule has 0 saturated carbocycles. The Hall–Kier alpha value is -1.85. The minimum atomic E-state index is -1.40. The molecule has 30 heavy (non-hydrogen) atoms. The van der Waals surface area contributed by atoms with Crippen molar-refractivity contribution in [2.24, 2.45) is 17.6 Å². The minimum Gasteiger partial charge on any atom is -0.480 e. The van der Waals surface area contributed by atoms with Gasteiger partial charge in [-0.3, -0.25) is 14.4 Å². The fourth-order valence-electron chi connectivity index (χ4n) is 2.62. The van der Waals surface area contributed by atoms with Crippen LogP contribution in [0.4, 0.5) is 0 Å². The lowest BCUT2D eigenvalue weighted by Crippen LogP contribution is -2.61. The van der Waals surface area contributed by atoms with E-state index in [1.165, 1.54) is 6.92 Å². The number of aliphatic carboxylic acids is 1. The van der Waals surface area contributed by atoms with Gasteiger partial charge in [0.2, 0.25) is 17.7 Å². The minimum absolute atomic E-state index is 0.0889. The van der Waals surface area contributed by atoms with Gasteiger partial charge in [0.15, 0.2) is 0 Å². The van der Waals surface area contributed by atoms with E-state index in [-0.39, 0.29) is 17.6 Å². The van der Waals surface area contributed by atoms with Crippen molar-refractivity contribution in [1.29, 1.82) is 0 Å². The molecule has 0 aliphatic rings. The number of carbonyl (C=O) groups excluding carboxylic acids is 3. The number of nitrogens with one attached hydrogen (secondary N) is 3. The molecule has 0 radical (unpaired) electrons. The maximum atomic E-state index is 12.8. The van der Waals surface area contributed by atoms with Crippen LogP contribution in [0.5, 0.6) is 0 Å². The lowest BCUT2D eigenvalue weighted by Gasteiger charge is -2.29. The topological polar surface area (TPSA) is 171 Å². The first-order chi connectivity index (χ1) is 13.9. The van der Waals surface area contributed by atoms with Crippen LogP contribution in [0.25, 0.3) is 0 Å². The normalized spacial score (nSPS) is 18.1. The van der Waals surface area contributed by atoms with Crippen LogP contribution in [-0.2, 0) is 19.2 Å². The van der Waals surface area contributed by atoms with E-state index in [4.69, 9.17) is 5.73 Å². The first kappa shape index (κ1) is 28.1. The molecule has 3 amide bonds. The van der Waals surface area contributed by atoms with Crippen LogP contribution >= 0.6 is 12.6 Å². The van der Waals surface area contributed by atoms with Crippen molar-refractivity contribution >= 4 is 36.3 Å². The number of carbonyl (C=O) groups is 4. The molecule has 0 aromatic rings. The molecule has 10 nitrogen and oxygen atoms in total. The molecule has 7 N–H and O–H groups in total. The molecule has 7 unspecified atom stereocenters. The maximum Gasteiger partial charge on any atom is 0.326 e. The van der Waals surface area contributed by atoms with Gasteiger partial charge in [0.05, 0.1) is 12.1 Å².